The summed E-state index contributed by atoms with van der Waals surface area (Å²) in [5, 5.41) is 6.03. The van der Waals surface area contributed by atoms with Crippen LogP contribution in [0.15, 0.2) is 30.3 Å². The molecule has 2 rings (SSSR count). The number of amides is 2. The number of carbonyl (C=O) groups is 2. The maximum atomic E-state index is 12.1. The predicted molar refractivity (Wildman–Crippen MR) is 105 cm³/mol. The minimum absolute atomic E-state index is 0.00950. The number of anilines is 1. The molecule has 6 heteroatoms. The second kappa shape index (κ2) is 9.25. The van der Waals surface area contributed by atoms with E-state index in [2.05, 4.69) is 36.3 Å². The molecule has 2 amide bonds. The number of hydrogen-bond acceptors (Lipinski definition) is 4. The molecule has 0 bridgehead atoms. The van der Waals surface area contributed by atoms with E-state index in [1.165, 1.54) is 0 Å². The molecule has 0 radical (unpaired) electrons. The molecule has 5 nitrogen and oxygen atoms in total. The lowest BCUT2D eigenvalue weighted by Crippen LogP contribution is -2.47. The summed E-state index contributed by atoms with van der Waals surface area (Å²) in [6.45, 7) is 8.41. The van der Waals surface area contributed by atoms with E-state index >= 15 is 0 Å². The van der Waals surface area contributed by atoms with Gasteiger partial charge in [-0.15, -0.1) is 11.8 Å². The average Bonchev–Trinajstić information content (AvgIpc) is 2.55. The molecule has 0 atom stereocenters. The first-order valence-electron chi connectivity index (χ1n) is 8.82. The van der Waals surface area contributed by atoms with E-state index in [1.807, 2.05) is 30.3 Å². The van der Waals surface area contributed by atoms with Gasteiger partial charge in [0.1, 0.15) is 0 Å². The Hall–Kier alpha value is -1.53. The van der Waals surface area contributed by atoms with Gasteiger partial charge in [0.15, 0.2) is 0 Å². The number of nitrogens with one attached hydrogen (secondary N) is 2. The topological polar surface area (TPSA) is 61.4 Å². The molecule has 1 heterocycles. The van der Waals surface area contributed by atoms with Gasteiger partial charge in [-0.25, -0.2) is 0 Å². The van der Waals surface area contributed by atoms with Crippen LogP contribution in [0.2, 0.25) is 0 Å². The van der Waals surface area contributed by atoms with Gasteiger partial charge in [0.2, 0.25) is 11.8 Å². The highest BCUT2D eigenvalue weighted by atomic mass is 32.2. The van der Waals surface area contributed by atoms with Crippen LogP contribution >= 0.6 is 11.8 Å². The number of piperidine rings is 1. The maximum Gasteiger partial charge on any atom is 0.238 e. The third-order valence-electron chi connectivity index (χ3n) is 4.01. The number of para-hydroxylation sites is 1. The highest BCUT2D eigenvalue weighted by Gasteiger charge is 2.22. The zero-order valence-corrected chi connectivity index (χ0v) is 16.2. The Balaban J connectivity index is 1.65. The molecule has 0 aliphatic carbocycles. The van der Waals surface area contributed by atoms with Crippen molar-refractivity contribution in [3.05, 3.63) is 30.3 Å². The van der Waals surface area contributed by atoms with Gasteiger partial charge >= 0.3 is 0 Å². The number of rotatable bonds is 6. The first kappa shape index (κ1) is 19.8. The molecule has 1 aliphatic rings. The Labute approximate surface area is 154 Å². The summed E-state index contributed by atoms with van der Waals surface area (Å²) < 4.78 is 0.104. The number of benzene rings is 1. The predicted octanol–water partition coefficient (Wildman–Crippen LogP) is 2.74. The summed E-state index contributed by atoms with van der Waals surface area (Å²) in [6, 6.07) is 9.73. The van der Waals surface area contributed by atoms with Crippen LogP contribution in [0.4, 0.5) is 5.69 Å². The van der Waals surface area contributed by atoms with Crippen LogP contribution in [0, 0.1) is 0 Å². The molecule has 0 spiro atoms. The third kappa shape index (κ3) is 7.92. The smallest absolute Gasteiger partial charge is 0.238 e. The maximum absolute atomic E-state index is 12.1. The van der Waals surface area contributed by atoms with Gasteiger partial charge in [-0.2, -0.15) is 0 Å². The highest BCUT2D eigenvalue weighted by Crippen LogP contribution is 2.22. The second-order valence-corrected chi connectivity index (χ2v) is 9.24. The molecule has 25 heavy (non-hydrogen) atoms. The normalized spacial score (nSPS) is 16.4. The highest BCUT2D eigenvalue weighted by molar-refractivity contribution is 8.01. The van der Waals surface area contributed by atoms with Gasteiger partial charge < -0.3 is 10.6 Å². The fourth-order valence-corrected chi connectivity index (χ4v) is 3.36. The molecular formula is C19H29N3O2S. The van der Waals surface area contributed by atoms with Gasteiger partial charge in [-0.3, -0.25) is 14.5 Å². The summed E-state index contributed by atoms with van der Waals surface area (Å²) >= 11 is 1.66. The first-order valence-corrected chi connectivity index (χ1v) is 9.81. The minimum Gasteiger partial charge on any atom is -0.353 e. The van der Waals surface area contributed by atoms with Crippen LogP contribution in [0.5, 0.6) is 0 Å². The van der Waals surface area contributed by atoms with Crippen LogP contribution in [0.25, 0.3) is 0 Å². The fraction of sp³-hybridized carbons (Fsp3) is 0.579. The van der Waals surface area contributed by atoms with Gasteiger partial charge in [0.05, 0.1) is 12.3 Å². The molecule has 138 valence electrons. The van der Waals surface area contributed by atoms with E-state index in [0.29, 0.717) is 12.3 Å². The molecule has 0 aromatic heterocycles. The van der Waals surface area contributed by atoms with Crippen LogP contribution in [0.1, 0.15) is 33.6 Å². The fourth-order valence-electron chi connectivity index (χ4n) is 2.71. The van der Waals surface area contributed by atoms with Gasteiger partial charge in [0, 0.05) is 29.6 Å². The Kier molecular flexibility index (Phi) is 7.32. The zero-order valence-electron chi connectivity index (χ0n) is 15.4. The summed E-state index contributed by atoms with van der Waals surface area (Å²) in [7, 11) is 0. The van der Waals surface area contributed by atoms with Crippen molar-refractivity contribution >= 4 is 29.3 Å². The third-order valence-corrected chi connectivity index (χ3v) is 5.29. The molecule has 0 saturated carbocycles. The lowest BCUT2D eigenvalue weighted by atomic mass is 10.1. The van der Waals surface area contributed by atoms with E-state index in [4.69, 9.17) is 0 Å². The van der Waals surface area contributed by atoms with E-state index in [0.717, 1.165) is 31.6 Å². The van der Waals surface area contributed by atoms with Gasteiger partial charge in [-0.1, -0.05) is 39.0 Å². The van der Waals surface area contributed by atoms with Gasteiger partial charge in [0.25, 0.3) is 0 Å². The molecule has 2 N–H and O–H groups in total. The molecule has 1 aromatic rings. The Morgan fingerprint density at radius 1 is 1.12 bits per heavy atom. The van der Waals surface area contributed by atoms with Gasteiger partial charge in [-0.05, 0) is 25.0 Å². The Bertz CT molecular complexity index is 564. The second-order valence-electron chi connectivity index (χ2n) is 7.43. The lowest BCUT2D eigenvalue weighted by molar-refractivity contribution is -0.120. The SMILES string of the molecule is CC(C)(C)SCC(=O)NC1CCN(CC(=O)Nc2ccccc2)CC1. The lowest BCUT2D eigenvalue weighted by Gasteiger charge is -2.32. The summed E-state index contributed by atoms with van der Waals surface area (Å²) in [5.74, 6) is 0.624. The zero-order chi connectivity index (χ0) is 18.3. The monoisotopic (exact) mass is 363 g/mol. The van der Waals surface area contributed by atoms with Crippen LogP contribution in [-0.4, -0.2) is 52.9 Å². The van der Waals surface area contributed by atoms with Crippen molar-refractivity contribution in [2.24, 2.45) is 0 Å². The van der Waals surface area contributed by atoms with Crippen molar-refractivity contribution < 1.29 is 9.59 Å². The number of hydrogen-bond donors (Lipinski definition) is 2. The van der Waals surface area contributed by atoms with E-state index in [1.54, 1.807) is 11.8 Å². The summed E-state index contributed by atoms with van der Waals surface area (Å²) in [5.41, 5.74) is 0.825. The molecule has 0 unspecified atom stereocenters. The van der Waals surface area contributed by atoms with Crippen LogP contribution < -0.4 is 10.6 Å². The van der Waals surface area contributed by atoms with E-state index in [9.17, 15) is 9.59 Å². The van der Waals surface area contributed by atoms with Crippen molar-refractivity contribution in [2.75, 3.05) is 30.7 Å². The van der Waals surface area contributed by atoms with E-state index < -0.39 is 0 Å². The number of likely N-dealkylation sites (tertiary alicyclic amines) is 1. The van der Waals surface area contributed by atoms with Crippen LogP contribution in [-0.2, 0) is 9.59 Å². The number of carbonyl (C=O) groups excluding carboxylic acids is 2. The quantitative estimate of drug-likeness (QED) is 0.816. The standard InChI is InChI=1S/C19H29N3O2S/c1-19(2,3)25-14-18(24)21-16-9-11-22(12-10-16)13-17(23)20-15-7-5-4-6-8-15/h4-8,16H,9-14H2,1-3H3,(H,20,23)(H,21,24). The molecule has 1 aromatic carbocycles. The summed E-state index contributed by atoms with van der Waals surface area (Å²) in [4.78, 5) is 26.2. The van der Waals surface area contributed by atoms with Crippen molar-refractivity contribution in [3.8, 4) is 0 Å². The summed E-state index contributed by atoms with van der Waals surface area (Å²) in [6.07, 6.45) is 1.79. The van der Waals surface area contributed by atoms with E-state index in [-0.39, 0.29) is 22.6 Å². The van der Waals surface area contributed by atoms with Crippen LogP contribution in [0.3, 0.4) is 0 Å². The Morgan fingerprint density at radius 2 is 1.76 bits per heavy atom. The number of nitrogens with zero attached hydrogens (tertiary/aromatic N) is 1. The molecule has 1 saturated heterocycles. The van der Waals surface area contributed by atoms with Crippen molar-refractivity contribution in [1.29, 1.82) is 0 Å². The Morgan fingerprint density at radius 3 is 2.36 bits per heavy atom. The number of thioether (sulfide) groups is 1. The molecular weight excluding hydrogens is 334 g/mol. The molecule has 1 aliphatic heterocycles. The first-order chi connectivity index (χ1) is 11.8. The van der Waals surface area contributed by atoms with Crippen molar-refractivity contribution in [3.63, 3.8) is 0 Å². The minimum atomic E-state index is 0.00950. The largest absolute Gasteiger partial charge is 0.353 e. The average molecular weight is 364 g/mol. The molecule has 1 fully saturated rings. The van der Waals surface area contributed by atoms with Crippen molar-refractivity contribution in [1.82, 2.24) is 10.2 Å². The van der Waals surface area contributed by atoms with Crippen molar-refractivity contribution in [2.45, 2.75) is 44.4 Å².